The van der Waals surface area contributed by atoms with Gasteiger partial charge in [0.2, 0.25) is 6.79 Å². The van der Waals surface area contributed by atoms with Crippen molar-refractivity contribution in [1.82, 2.24) is 4.90 Å². The molecule has 0 spiro atoms. The molecule has 13 heteroatoms. The van der Waals surface area contributed by atoms with E-state index in [1.807, 2.05) is 24.9 Å². The molecule has 3 aromatic rings. The fourth-order valence-electron chi connectivity index (χ4n) is 4.29. The molecule has 0 unspecified atom stereocenters. The lowest BCUT2D eigenvalue weighted by atomic mass is 10.0. The van der Waals surface area contributed by atoms with E-state index in [0.29, 0.717) is 40.4 Å². The lowest BCUT2D eigenvalue weighted by Crippen LogP contribution is -2.24. The topological polar surface area (TPSA) is 68.3 Å². The Labute approximate surface area is 221 Å². The van der Waals surface area contributed by atoms with Gasteiger partial charge in [0, 0.05) is 30.9 Å². The van der Waals surface area contributed by atoms with Crippen LogP contribution < -0.4 is 18.0 Å². The molecule has 198 valence electrons. The number of halogens is 4. The number of sulfonamides is 1. The van der Waals surface area contributed by atoms with Crippen molar-refractivity contribution >= 4 is 38.8 Å². The number of rotatable bonds is 6. The average Bonchev–Trinajstić information content (AvgIpc) is 3.58. The molecular formula is C24H22ClF3N2O5S2. The van der Waals surface area contributed by atoms with Crippen LogP contribution in [-0.4, -0.2) is 46.4 Å². The summed E-state index contributed by atoms with van der Waals surface area (Å²) in [5, 5.41) is 1.67. The van der Waals surface area contributed by atoms with Crippen LogP contribution >= 0.6 is 23.1 Å². The zero-order valence-corrected chi connectivity index (χ0v) is 22.1. The van der Waals surface area contributed by atoms with Crippen LogP contribution in [0.2, 0.25) is 0 Å². The molecule has 3 heterocycles. The summed E-state index contributed by atoms with van der Waals surface area (Å²) in [6, 6.07) is 7.86. The molecule has 1 fully saturated rings. The van der Waals surface area contributed by atoms with E-state index in [0.717, 1.165) is 40.7 Å². The summed E-state index contributed by atoms with van der Waals surface area (Å²) in [5.74, 6) is 0.704. The van der Waals surface area contributed by atoms with Crippen LogP contribution in [-0.2, 0) is 16.2 Å². The SMILES string of the molecule is Cc1cc2c(cc1-c1csc(S(=O)(=O)N(Cl)c3ccc(C(F)(F)F)c(O[C@@H]4CCN(C)C4)c3)c1)OCO2. The lowest BCUT2D eigenvalue weighted by molar-refractivity contribution is -0.139. The van der Waals surface area contributed by atoms with Crippen LogP contribution in [0.1, 0.15) is 17.5 Å². The van der Waals surface area contributed by atoms with Crippen molar-refractivity contribution in [2.45, 2.75) is 29.8 Å². The van der Waals surface area contributed by atoms with Crippen molar-refractivity contribution in [3.8, 4) is 28.4 Å². The maximum atomic E-state index is 13.6. The molecule has 7 nitrogen and oxygen atoms in total. The number of hydrogen-bond donors (Lipinski definition) is 0. The Morgan fingerprint density at radius 3 is 2.57 bits per heavy atom. The monoisotopic (exact) mass is 574 g/mol. The molecule has 37 heavy (non-hydrogen) atoms. The Bertz CT molecular complexity index is 1440. The first-order valence-corrected chi connectivity index (χ1v) is 13.9. The highest BCUT2D eigenvalue weighted by Crippen LogP contribution is 2.43. The maximum Gasteiger partial charge on any atom is 0.419 e. The van der Waals surface area contributed by atoms with Crippen molar-refractivity contribution in [2.75, 3.05) is 30.8 Å². The number of nitrogens with zero attached hydrogens (tertiary/aromatic N) is 2. The van der Waals surface area contributed by atoms with E-state index in [2.05, 4.69) is 0 Å². The summed E-state index contributed by atoms with van der Waals surface area (Å²) in [6.07, 6.45) is -4.58. The molecule has 2 aliphatic rings. The molecule has 2 aliphatic heterocycles. The maximum absolute atomic E-state index is 13.6. The number of thiophene rings is 1. The zero-order chi connectivity index (χ0) is 26.5. The number of alkyl halides is 3. The Kier molecular flexibility index (Phi) is 6.71. The first-order chi connectivity index (χ1) is 17.4. The second kappa shape index (κ2) is 9.57. The highest BCUT2D eigenvalue weighted by atomic mass is 35.5. The molecule has 0 saturated carbocycles. The Balaban J connectivity index is 1.45. The third kappa shape index (κ3) is 5.07. The second-order valence-electron chi connectivity index (χ2n) is 8.86. The molecule has 1 saturated heterocycles. The van der Waals surface area contributed by atoms with Crippen LogP contribution in [0.15, 0.2) is 46.0 Å². The standard InChI is InChI=1S/C24H22ClF3N2O5S2/c1-14-7-21-22(34-13-33-21)10-18(14)15-8-23(36-12-15)37(31,32)30(25)16-3-4-19(24(26,27)28)20(9-16)35-17-5-6-29(2)11-17/h3-4,7-10,12,17H,5-6,11,13H2,1-2H3/t17-/m1/s1. The van der Waals surface area contributed by atoms with Crippen LogP contribution in [0.3, 0.4) is 0 Å². The van der Waals surface area contributed by atoms with Gasteiger partial charge in [0.1, 0.15) is 16.1 Å². The molecule has 0 radical (unpaired) electrons. The first-order valence-electron chi connectivity index (χ1n) is 11.2. The normalized spacial score (nSPS) is 17.8. The van der Waals surface area contributed by atoms with Gasteiger partial charge in [0.25, 0.3) is 10.0 Å². The predicted octanol–water partition coefficient (Wildman–Crippen LogP) is 5.90. The van der Waals surface area contributed by atoms with Crippen molar-refractivity contribution in [3.63, 3.8) is 0 Å². The molecule has 2 aromatic carbocycles. The second-order valence-corrected chi connectivity index (χ2v) is 12.3. The number of aryl methyl sites for hydroxylation is 1. The summed E-state index contributed by atoms with van der Waals surface area (Å²) in [6.45, 7) is 3.12. The molecule has 1 atom stereocenters. The van der Waals surface area contributed by atoms with E-state index in [-0.39, 0.29) is 16.7 Å². The average molecular weight is 575 g/mol. The van der Waals surface area contributed by atoms with Gasteiger partial charge in [-0.25, -0.2) is 0 Å². The third-order valence-electron chi connectivity index (χ3n) is 6.19. The summed E-state index contributed by atoms with van der Waals surface area (Å²) in [4.78, 5) is 1.94. The first kappa shape index (κ1) is 26.0. The van der Waals surface area contributed by atoms with Gasteiger partial charge in [-0.3, -0.25) is 0 Å². The van der Waals surface area contributed by atoms with Crippen LogP contribution in [0.5, 0.6) is 17.2 Å². The number of benzene rings is 2. The Morgan fingerprint density at radius 2 is 1.89 bits per heavy atom. The summed E-state index contributed by atoms with van der Waals surface area (Å²) >= 11 is 7.20. The highest BCUT2D eigenvalue weighted by Gasteiger charge is 2.37. The van der Waals surface area contributed by atoms with Gasteiger partial charge in [0.05, 0.1) is 11.3 Å². The minimum Gasteiger partial charge on any atom is -0.488 e. The van der Waals surface area contributed by atoms with E-state index in [1.165, 1.54) is 6.07 Å². The van der Waals surface area contributed by atoms with Crippen molar-refractivity contribution in [1.29, 1.82) is 0 Å². The van der Waals surface area contributed by atoms with E-state index in [1.54, 1.807) is 11.4 Å². The van der Waals surface area contributed by atoms with Gasteiger partial charge >= 0.3 is 6.18 Å². The fourth-order valence-corrected chi connectivity index (χ4v) is 7.05. The van der Waals surface area contributed by atoms with Crippen molar-refractivity contribution in [3.05, 3.63) is 52.9 Å². The third-order valence-corrected chi connectivity index (χ3v) is 9.83. The number of likely N-dealkylation sites (tertiary alicyclic amines) is 1. The number of hydrogen-bond acceptors (Lipinski definition) is 7. The fraction of sp³-hybridized carbons (Fsp3) is 0.333. The number of fused-ring (bicyclic) bond motifs is 1. The van der Waals surface area contributed by atoms with Gasteiger partial charge in [-0.05, 0) is 72.8 Å². The molecule has 0 amide bonds. The highest BCUT2D eigenvalue weighted by molar-refractivity contribution is 7.96. The molecule has 5 rings (SSSR count). The molecule has 0 bridgehead atoms. The van der Waals surface area contributed by atoms with Gasteiger partial charge in [-0.15, -0.1) is 11.3 Å². The summed E-state index contributed by atoms with van der Waals surface area (Å²) < 4.78 is 84.4. The smallest absolute Gasteiger partial charge is 0.419 e. The minimum absolute atomic E-state index is 0.0747. The lowest BCUT2D eigenvalue weighted by Gasteiger charge is -2.21. The van der Waals surface area contributed by atoms with E-state index in [9.17, 15) is 21.6 Å². The zero-order valence-electron chi connectivity index (χ0n) is 19.7. The van der Waals surface area contributed by atoms with Crippen LogP contribution in [0.4, 0.5) is 18.9 Å². The van der Waals surface area contributed by atoms with Crippen molar-refractivity contribution in [2.24, 2.45) is 0 Å². The number of likely N-dealkylation sites (N-methyl/N-ethyl adjacent to an activating group) is 1. The summed E-state index contributed by atoms with van der Waals surface area (Å²) in [5.41, 5.74) is 1.09. The van der Waals surface area contributed by atoms with Gasteiger partial charge < -0.3 is 19.1 Å². The molecular weight excluding hydrogens is 553 g/mol. The van der Waals surface area contributed by atoms with Crippen LogP contribution in [0, 0.1) is 6.92 Å². The number of anilines is 1. The van der Waals surface area contributed by atoms with Gasteiger partial charge in [-0.1, -0.05) is 0 Å². The number of ether oxygens (including phenoxy) is 3. The molecule has 0 aliphatic carbocycles. The Hall–Kier alpha value is -2.67. The quantitative estimate of drug-likeness (QED) is 0.341. The summed E-state index contributed by atoms with van der Waals surface area (Å²) in [7, 11) is -2.44. The molecule has 1 aromatic heterocycles. The van der Waals surface area contributed by atoms with Gasteiger partial charge in [-0.2, -0.15) is 25.4 Å². The van der Waals surface area contributed by atoms with Crippen LogP contribution in [0.25, 0.3) is 11.1 Å². The molecule has 0 N–H and O–H groups in total. The Morgan fingerprint density at radius 1 is 1.16 bits per heavy atom. The van der Waals surface area contributed by atoms with E-state index in [4.69, 9.17) is 26.0 Å². The predicted molar refractivity (Wildman–Crippen MR) is 134 cm³/mol. The van der Waals surface area contributed by atoms with Gasteiger partial charge in [0.15, 0.2) is 11.5 Å². The van der Waals surface area contributed by atoms with Crippen molar-refractivity contribution < 1.29 is 35.8 Å². The van der Waals surface area contributed by atoms with E-state index < -0.39 is 33.6 Å². The largest absolute Gasteiger partial charge is 0.488 e. The van der Waals surface area contributed by atoms with E-state index >= 15 is 0 Å². The minimum atomic E-state index is -4.68.